The summed E-state index contributed by atoms with van der Waals surface area (Å²) in [6.45, 7) is -1.22. The normalized spacial score (nSPS) is 14.5. The van der Waals surface area contributed by atoms with Gasteiger partial charge in [-0.2, -0.15) is 0 Å². The standard InChI is InChI=1S/C25H24F2N4O5S/c26-11-19(12-27)36-18-3-4-21-20(10-18)24(33)30(13-16-14-35-23(28-16)22-2-1-9-37-22)25(34)31(21)17-5-7-29(15-32)8-6-17/h1-4,9-10,14-15,17,19H,5-8,11-13H2. The van der Waals surface area contributed by atoms with Gasteiger partial charge in [-0.15, -0.1) is 11.3 Å². The van der Waals surface area contributed by atoms with E-state index in [0.717, 1.165) is 15.9 Å². The summed E-state index contributed by atoms with van der Waals surface area (Å²) < 4.78 is 39.7. The molecule has 12 heteroatoms. The number of piperidine rings is 1. The van der Waals surface area contributed by atoms with E-state index in [4.69, 9.17) is 9.15 Å². The Morgan fingerprint density at radius 1 is 1.19 bits per heavy atom. The first-order valence-corrected chi connectivity index (χ1v) is 12.7. The van der Waals surface area contributed by atoms with Crippen molar-refractivity contribution in [2.45, 2.75) is 31.5 Å². The fourth-order valence-electron chi connectivity index (χ4n) is 4.53. The molecule has 0 aliphatic carbocycles. The van der Waals surface area contributed by atoms with Crippen molar-refractivity contribution in [3.8, 4) is 16.5 Å². The Morgan fingerprint density at radius 2 is 1.97 bits per heavy atom. The van der Waals surface area contributed by atoms with E-state index in [-0.39, 0.29) is 23.7 Å². The molecule has 9 nitrogen and oxygen atoms in total. The van der Waals surface area contributed by atoms with E-state index >= 15 is 0 Å². The molecule has 3 aromatic heterocycles. The zero-order valence-corrected chi connectivity index (χ0v) is 20.5. The molecule has 4 aromatic rings. The number of aromatic nitrogens is 3. The molecule has 37 heavy (non-hydrogen) atoms. The molecule has 1 aliphatic heterocycles. The highest BCUT2D eigenvalue weighted by Gasteiger charge is 2.25. The number of fused-ring (bicyclic) bond motifs is 1. The first-order valence-electron chi connectivity index (χ1n) is 11.8. The number of hydrogen-bond donors (Lipinski definition) is 0. The number of amides is 1. The molecule has 1 aliphatic rings. The summed E-state index contributed by atoms with van der Waals surface area (Å²) in [5.74, 6) is 0.512. The molecule has 0 unspecified atom stereocenters. The highest BCUT2D eigenvalue weighted by Crippen LogP contribution is 2.27. The van der Waals surface area contributed by atoms with Crippen molar-refractivity contribution in [3.05, 3.63) is 68.5 Å². The zero-order chi connectivity index (χ0) is 25.9. The summed E-state index contributed by atoms with van der Waals surface area (Å²) >= 11 is 1.45. The molecular formula is C25H24F2N4O5S. The number of rotatable bonds is 9. The van der Waals surface area contributed by atoms with Gasteiger partial charge in [-0.1, -0.05) is 6.07 Å². The molecule has 0 bridgehead atoms. The quantitative estimate of drug-likeness (QED) is 0.308. The van der Waals surface area contributed by atoms with Crippen molar-refractivity contribution >= 4 is 28.6 Å². The van der Waals surface area contributed by atoms with E-state index < -0.39 is 30.7 Å². The van der Waals surface area contributed by atoms with Gasteiger partial charge in [-0.05, 0) is 42.5 Å². The molecule has 194 valence electrons. The van der Waals surface area contributed by atoms with Crippen LogP contribution < -0.4 is 16.0 Å². The lowest BCUT2D eigenvalue weighted by molar-refractivity contribution is -0.119. The minimum atomic E-state index is -1.29. The summed E-state index contributed by atoms with van der Waals surface area (Å²) in [7, 11) is 0. The molecule has 5 rings (SSSR count). The van der Waals surface area contributed by atoms with Gasteiger partial charge in [-0.3, -0.25) is 18.7 Å². The molecule has 0 saturated carbocycles. The van der Waals surface area contributed by atoms with Gasteiger partial charge >= 0.3 is 5.69 Å². The average Bonchev–Trinajstić information content (AvgIpc) is 3.63. The third kappa shape index (κ3) is 4.93. The maximum atomic E-state index is 13.7. The van der Waals surface area contributed by atoms with Crippen LogP contribution in [0.3, 0.4) is 0 Å². The molecule has 0 N–H and O–H groups in total. The van der Waals surface area contributed by atoms with Crippen LogP contribution in [0.2, 0.25) is 0 Å². The molecular weight excluding hydrogens is 506 g/mol. The fraction of sp³-hybridized carbons (Fsp3) is 0.360. The zero-order valence-electron chi connectivity index (χ0n) is 19.7. The lowest BCUT2D eigenvalue weighted by Crippen LogP contribution is -2.44. The molecule has 0 radical (unpaired) electrons. The lowest BCUT2D eigenvalue weighted by atomic mass is 10.0. The number of oxazole rings is 1. The predicted molar refractivity (Wildman–Crippen MR) is 134 cm³/mol. The summed E-state index contributed by atoms with van der Waals surface area (Å²) in [6.07, 6.45) is 1.96. The van der Waals surface area contributed by atoms with Crippen LogP contribution in [0, 0.1) is 0 Å². The summed E-state index contributed by atoms with van der Waals surface area (Å²) in [4.78, 5) is 45.3. The van der Waals surface area contributed by atoms with E-state index in [1.807, 2.05) is 17.5 Å². The number of hydrogen-bond acceptors (Lipinski definition) is 7. The van der Waals surface area contributed by atoms with Crippen molar-refractivity contribution < 1.29 is 22.7 Å². The second kappa shape index (κ2) is 10.7. The van der Waals surface area contributed by atoms with Crippen LogP contribution in [0.1, 0.15) is 24.6 Å². The summed E-state index contributed by atoms with van der Waals surface area (Å²) in [5.41, 5.74) is -0.308. The Labute approximate surface area is 213 Å². The van der Waals surface area contributed by atoms with E-state index in [2.05, 4.69) is 4.98 Å². The van der Waals surface area contributed by atoms with Crippen molar-refractivity contribution in [1.82, 2.24) is 19.0 Å². The van der Waals surface area contributed by atoms with Crippen LogP contribution in [0.5, 0.6) is 5.75 Å². The van der Waals surface area contributed by atoms with Crippen molar-refractivity contribution in [2.75, 3.05) is 26.4 Å². The number of alkyl halides is 2. The maximum Gasteiger partial charge on any atom is 0.332 e. The number of carbonyl (C=O) groups excluding carboxylic acids is 1. The predicted octanol–water partition coefficient (Wildman–Crippen LogP) is 3.41. The van der Waals surface area contributed by atoms with Crippen molar-refractivity contribution in [2.24, 2.45) is 0 Å². The number of halogens is 2. The molecule has 1 amide bonds. The van der Waals surface area contributed by atoms with Crippen LogP contribution in [0.15, 0.2) is 56.0 Å². The number of ether oxygens (including phenoxy) is 1. The first-order chi connectivity index (χ1) is 18.0. The molecule has 1 fully saturated rings. The third-order valence-corrected chi connectivity index (χ3v) is 7.26. The van der Waals surface area contributed by atoms with Crippen LogP contribution in [0.25, 0.3) is 21.7 Å². The number of likely N-dealkylation sites (tertiary alicyclic amines) is 1. The second-order valence-corrected chi connectivity index (χ2v) is 9.71. The maximum absolute atomic E-state index is 13.7. The highest BCUT2D eigenvalue weighted by molar-refractivity contribution is 7.13. The average molecular weight is 531 g/mol. The van der Waals surface area contributed by atoms with Crippen LogP contribution >= 0.6 is 11.3 Å². The Balaban J connectivity index is 1.60. The van der Waals surface area contributed by atoms with Gasteiger partial charge in [0.1, 0.15) is 25.4 Å². The summed E-state index contributed by atoms with van der Waals surface area (Å²) in [6, 6.07) is 7.91. The lowest BCUT2D eigenvalue weighted by Gasteiger charge is -2.31. The van der Waals surface area contributed by atoms with Crippen molar-refractivity contribution in [3.63, 3.8) is 0 Å². The summed E-state index contributed by atoms with van der Waals surface area (Å²) in [5, 5.41) is 2.06. The number of thiophene rings is 1. The molecule has 0 spiro atoms. The van der Waals surface area contributed by atoms with Gasteiger partial charge in [0.15, 0.2) is 6.10 Å². The van der Waals surface area contributed by atoms with E-state index in [0.29, 0.717) is 43.0 Å². The van der Waals surface area contributed by atoms with Crippen LogP contribution in [-0.4, -0.2) is 58.0 Å². The minimum Gasteiger partial charge on any atom is -0.485 e. The van der Waals surface area contributed by atoms with Gasteiger partial charge in [0.2, 0.25) is 12.3 Å². The first kappa shape index (κ1) is 24.9. The molecule has 4 heterocycles. The van der Waals surface area contributed by atoms with Gasteiger partial charge in [0.05, 0.1) is 28.0 Å². The number of carbonyl (C=O) groups is 1. The SMILES string of the molecule is O=CN1CCC(n2c(=O)n(Cc3coc(-c4cccs4)n3)c(=O)c3cc(OC(CF)CF)ccc32)CC1. The van der Waals surface area contributed by atoms with E-state index in [1.54, 1.807) is 15.5 Å². The van der Waals surface area contributed by atoms with Gasteiger partial charge < -0.3 is 14.1 Å². The number of nitrogens with zero attached hydrogens (tertiary/aromatic N) is 4. The van der Waals surface area contributed by atoms with Gasteiger partial charge in [0, 0.05) is 19.1 Å². The Bertz CT molecular complexity index is 1500. The smallest absolute Gasteiger partial charge is 0.332 e. The van der Waals surface area contributed by atoms with Crippen LogP contribution in [-0.2, 0) is 11.3 Å². The van der Waals surface area contributed by atoms with Crippen LogP contribution in [0.4, 0.5) is 8.78 Å². The largest absolute Gasteiger partial charge is 0.485 e. The topological polar surface area (TPSA) is 99.6 Å². The van der Waals surface area contributed by atoms with Gasteiger partial charge in [0.25, 0.3) is 5.56 Å². The monoisotopic (exact) mass is 530 g/mol. The third-order valence-electron chi connectivity index (χ3n) is 6.40. The molecule has 0 atom stereocenters. The molecule has 1 saturated heterocycles. The van der Waals surface area contributed by atoms with Gasteiger partial charge in [-0.25, -0.2) is 18.6 Å². The Hall–Kier alpha value is -3.80. The Kier molecular flexibility index (Phi) is 7.17. The van der Waals surface area contributed by atoms with Crippen molar-refractivity contribution in [1.29, 1.82) is 0 Å². The van der Waals surface area contributed by atoms with E-state index in [9.17, 15) is 23.2 Å². The fourth-order valence-corrected chi connectivity index (χ4v) is 5.18. The van der Waals surface area contributed by atoms with E-state index in [1.165, 1.54) is 29.7 Å². The Morgan fingerprint density at radius 3 is 2.65 bits per heavy atom. The minimum absolute atomic E-state index is 0.124. The second-order valence-electron chi connectivity index (χ2n) is 8.77. The highest BCUT2D eigenvalue weighted by atomic mass is 32.1. The number of benzene rings is 1. The molecule has 1 aromatic carbocycles.